The highest BCUT2D eigenvalue weighted by molar-refractivity contribution is 6.39. The molecule has 0 aliphatic carbocycles. The Morgan fingerprint density at radius 1 is 1.18 bits per heavy atom. The van der Waals surface area contributed by atoms with E-state index in [4.69, 9.17) is 17.3 Å². The van der Waals surface area contributed by atoms with Gasteiger partial charge < -0.3 is 16.0 Å². The first-order chi connectivity index (χ1) is 13.3. The van der Waals surface area contributed by atoms with Gasteiger partial charge in [0.25, 0.3) is 0 Å². The van der Waals surface area contributed by atoms with Gasteiger partial charge >= 0.3 is 11.8 Å². The predicted octanol–water partition coefficient (Wildman–Crippen LogP) is 2.67. The summed E-state index contributed by atoms with van der Waals surface area (Å²) >= 11 is 5.94. The van der Waals surface area contributed by atoms with Crippen LogP contribution in [0.1, 0.15) is 41.2 Å². The summed E-state index contributed by atoms with van der Waals surface area (Å²) in [6, 6.07) is 4.99. The molecule has 0 bridgehead atoms. The molecule has 9 heteroatoms. The van der Waals surface area contributed by atoms with Gasteiger partial charge in [0.15, 0.2) is 0 Å². The number of likely N-dealkylation sites (tertiary alicyclic amines) is 1. The van der Waals surface area contributed by atoms with Gasteiger partial charge in [0, 0.05) is 17.8 Å². The summed E-state index contributed by atoms with van der Waals surface area (Å²) < 4.78 is 13.7. The fourth-order valence-corrected chi connectivity index (χ4v) is 3.48. The van der Waals surface area contributed by atoms with Crippen molar-refractivity contribution >= 4 is 35.0 Å². The smallest absolute Gasteiger partial charge is 0.313 e. The van der Waals surface area contributed by atoms with Crippen molar-refractivity contribution in [2.75, 3.05) is 11.9 Å². The molecule has 0 spiro atoms. The number of nitrogens with one attached hydrogen (secondary N) is 1. The lowest BCUT2D eigenvalue weighted by molar-refractivity contribution is -0.145. The molecule has 0 saturated carbocycles. The molecular weight excluding hydrogens is 387 g/mol. The van der Waals surface area contributed by atoms with E-state index in [1.54, 1.807) is 6.07 Å². The number of aromatic nitrogens is 1. The van der Waals surface area contributed by atoms with Crippen LogP contribution in [-0.4, -0.2) is 34.2 Å². The number of nitrogens with zero attached hydrogens (tertiary/aromatic N) is 2. The zero-order valence-electron chi connectivity index (χ0n) is 14.8. The Morgan fingerprint density at radius 3 is 2.68 bits per heavy atom. The number of primary amides is 1. The summed E-state index contributed by atoms with van der Waals surface area (Å²) in [5.41, 5.74) is 6.02. The van der Waals surface area contributed by atoms with E-state index in [1.165, 1.54) is 35.5 Å². The molecule has 3 N–H and O–H groups in total. The van der Waals surface area contributed by atoms with Crippen molar-refractivity contribution in [3.63, 3.8) is 0 Å². The highest BCUT2D eigenvalue weighted by Crippen LogP contribution is 2.33. The van der Waals surface area contributed by atoms with Crippen molar-refractivity contribution in [3.8, 4) is 0 Å². The molecule has 28 heavy (non-hydrogen) atoms. The van der Waals surface area contributed by atoms with Crippen LogP contribution in [0, 0.1) is 5.82 Å². The molecule has 0 radical (unpaired) electrons. The first-order valence-corrected chi connectivity index (χ1v) is 9.06. The number of hydrogen-bond acceptors (Lipinski definition) is 4. The molecule has 7 nitrogen and oxygen atoms in total. The van der Waals surface area contributed by atoms with Crippen molar-refractivity contribution in [2.24, 2.45) is 5.73 Å². The van der Waals surface area contributed by atoms with Crippen molar-refractivity contribution in [3.05, 3.63) is 58.6 Å². The highest BCUT2D eigenvalue weighted by atomic mass is 35.5. The molecule has 146 valence electrons. The van der Waals surface area contributed by atoms with Gasteiger partial charge in [-0.15, -0.1) is 0 Å². The molecule has 3 amide bonds. The van der Waals surface area contributed by atoms with Crippen molar-refractivity contribution < 1.29 is 18.8 Å². The van der Waals surface area contributed by atoms with E-state index in [9.17, 15) is 18.8 Å². The van der Waals surface area contributed by atoms with Gasteiger partial charge in [0.1, 0.15) is 5.82 Å². The second-order valence-electron chi connectivity index (χ2n) is 6.49. The Balaban J connectivity index is 1.79. The van der Waals surface area contributed by atoms with Gasteiger partial charge in [-0.25, -0.2) is 4.39 Å². The van der Waals surface area contributed by atoms with Crippen LogP contribution in [0.2, 0.25) is 5.02 Å². The number of carbonyl (C=O) groups is 3. The van der Waals surface area contributed by atoms with E-state index in [-0.39, 0.29) is 16.3 Å². The Bertz CT molecular complexity index is 917. The lowest BCUT2D eigenvalue weighted by Gasteiger charge is -2.35. The Kier molecular flexibility index (Phi) is 5.89. The summed E-state index contributed by atoms with van der Waals surface area (Å²) in [6.07, 6.45) is 4.73. The summed E-state index contributed by atoms with van der Waals surface area (Å²) in [4.78, 5) is 41.7. The van der Waals surface area contributed by atoms with Gasteiger partial charge in [-0.05, 0) is 49.1 Å². The number of hydrogen-bond donors (Lipinski definition) is 2. The SMILES string of the molecule is NC(=O)c1cncc(NC(=O)C(=O)N2CCCCC2c2cc(F)cc(Cl)c2)c1. The minimum absolute atomic E-state index is 0.107. The van der Waals surface area contributed by atoms with E-state index in [2.05, 4.69) is 10.3 Å². The largest absolute Gasteiger partial charge is 0.366 e. The Hall–Kier alpha value is -3.00. The second-order valence-corrected chi connectivity index (χ2v) is 6.93. The molecule has 2 aromatic rings. The second kappa shape index (κ2) is 8.35. The molecule has 1 saturated heterocycles. The number of anilines is 1. The van der Waals surface area contributed by atoms with Gasteiger partial charge in [-0.3, -0.25) is 19.4 Å². The Labute approximate surface area is 165 Å². The third-order valence-corrected chi connectivity index (χ3v) is 4.73. The van der Waals surface area contributed by atoms with Crippen LogP contribution in [0.15, 0.2) is 36.7 Å². The van der Waals surface area contributed by atoms with Crippen LogP contribution in [0.3, 0.4) is 0 Å². The number of pyridine rings is 1. The normalized spacial score (nSPS) is 16.5. The molecule has 2 heterocycles. The quantitative estimate of drug-likeness (QED) is 0.767. The molecule has 1 aliphatic rings. The molecular formula is C19H18ClFN4O3. The van der Waals surface area contributed by atoms with Gasteiger partial charge in [-0.2, -0.15) is 0 Å². The van der Waals surface area contributed by atoms with Crippen molar-refractivity contribution in [1.29, 1.82) is 0 Å². The van der Waals surface area contributed by atoms with Crippen LogP contribution in [0.5, 0.6) is 0 Å². The average molecular weight is 405 g/mol. The number of carbonyl (C=O) groups excluding carboxylic acids is 3. The third-order valence-electron chi connectivity index (χ3n) is 4.51. The fraction of sp³-hybridized carbons (Fsp3) is 0.263. The third kappa shape index (κ3) is 4.45. The number of piperidine rings is 1. The average Bonchev–Trinajstić information content (AvgIpc) is 2.66. The minimum atomic E-state index is -0.877. The van der Waals surface area contributed by atoms with Crippen LogP contribution in [0.25, 0.3) is 0 Å². The first kappa shape index (κ1) is 19.8. The summed E-state index contributed by atoms with van der Waals surface area (Å²) in [5, 5.41) is 2.66. The van der Waals surface area contributed by atoms with E-state index in [0.29, 0.717) is 18.5 Å². The van der Waals surface area contributed by atoms with Crippen LogP contribution >= 0.6 is 11.6 Å². The maximum Gasteiger partial charge on any atom is 0.313 e. The van der Waals surface area contributed by atoms with Gasteiger partial charge in [-0.1, -0.05) is 11.6 Å². The number of halogens is 2. The molecule has 3 rings (SSSR count). The van der Waals surface area contributed by atoms with Gasteiger partial charge in [0.05, 0.1) is 23.5 Å². The first-order valence-electron chi connectivity index (χ1n) is 8.68. The molecule has 1 aromatic carbocycles. The maximum atomic E-state index is 13.7. The summed E-state index contributed by atoms with van der Waals surface area (Å²) in [7, 11) is 0. The maximum absolute atomic E-state index is 13.7. The number of amides is 3. The number of rotatable bonds is 3. The van der Waals surface area contributed by atoms with Crippen LogP contribution in [0.4, 0.5) is 10.1 Å². The van der Waals surface area contributed by atoms with E-state index in [0.717, 1.165) is 12.8 Å². The molecule has 1 atom stereocenters. The highest BCUT2D eigenvalue weighted by Gasteiger charge is 2.32. The molecule has 1 fully saturated rings. The number of benzene rings is 1. The summed E-state index contributed by atoms with van der Waals surface area (Å²) in [6.45, 7) is 0.366. The van der Waals surface area contributed by atoms with Crippen LogP contribution in [-0.2, 0) is 9.59 Å². The van der Waals surface area contributed by atoms with Crippen LogP contribution < -0.4 is 11.1 Å². The minimum Gasteiger partial charge on any atom is -0.366 e. The summed E-state index contributed by atoms with van der Waals surface area (Å²) in [5.74, 6) is -2.83. The van der Waals surface area contributed by atoms with E-state index >= 15 is 0 Å². The zero-order chi connectivity index (χ0) is 20.3. The topological polar surface area (TPSA) is 105 Å². The van der Waals surface area contributed by atoms with E-state index < -0.39 is 29.6 Å². The standard InChI is InChI=1S/C19H18ClFN4O3/c20-13-5-11(6-14(21)8-13)16-3-1-2-4-25(16)19(28)18(27)24-15-7-12(17(22)26)9-23-10-15/h5-10,16H,1-4H2,(H2,22,26)(H,24,27). The lowest BCUT2D eigenvalue weighted by Crippen LogP contribution is -2.44. The molecule has 1 unspecified atom stereocenters. The van der Waals surface area contributed by atoms with Gasteiger partial charge in [0.2, 0.25) is 5.91 Å². The predicted molar refractivity (Wildman–Crippen MR) is 101 cm³/mol. The van der Waals surface area contributed by atoms with E-state index in [1.807, 2.05) is 0 Å². The van der Waals surface area contributed by atoms with Crippen molar-refractivity contribution in [1.82, 2.24) is 9.88 Å². The molecule has 1 aromatic heterocycles. The fourth-order valence-electron chi connectivity index (χ4n) is 3.25. The number of nitrogens with two attached hydrogens (primary N) is 1. The Morgan fingerprint density at radius 2 is 1.96 bits per heavy atom. The van der Waals surface area contributed by atoms with Crippen molar-refractivity contribution in [2.45, 2.75) is 25.3 Å². The molecule has 1 aliphatic heterocycles. The lowest BCUT2D eigenvalue weighted by atomic mass is 9.95. The monoisotopic (exact) mass is 404 g/mol. The zero-order valence-corrected chi connectivity index (χ0v) is 15.6.